The van der Waals surface area contributed by atoms with Gasteiger partial charge in [-0.2, -0.15) is 0 Å². The first kappa shape index (κ1) is 50.2. The lowest BCUT2D eigenvalue weighted by Crippen LogP contribution is -2.61. The number of aliphatic carboxylic acids is 2. The highest BCUT2D eigenvalue weighted by Gasteiger charge is 2.38. The largest absolute Gasteiger partial charge is 0.481 e. The SMILES string of the molecule is CC[C@H](NC(=O)[C@@H](NC(=O)[C@@H](NC(=O)[C@H](CC(C)C)NC(=O)[C@@H](CCC(=O)O)NC(=O)[C@H](CC(=O)O)NC(C)=O)[C@@H](C)CC)C1CCCCC1)C(=O)CCc1nccs1. The number of amides is 6. The lowest BCUT2D eigenvalue weighted by atomic mass is 9.83. The van der Waals surface area contributed by atoms with E-state index in [1.807, 2.05) is 12.3 Å². The van der Waals surface area contributed by atoms with Crippen LogP contribution in [0.15, 0.2) is 11.6 Å². The Bertz CT molecular complexity index is 1580. The Morgan fingerprint density at radius 2 is 1.32 bits per heavy atom. The summed E-state index contributed by atoms with van der Waals surface area (Å²) >= 11 is 1.45. The Balaban J connectivity index is 2.32. The van der Waals surface area contributed by atoms with Crippen LogP contribution in [0.1, 0.15) is 124 Å². The Morgan fingerprint density at radius 1 is 0.712 bits per heavy atom. The van der Waals surface area contributed by atoms with Gasteiger partial charge in [-0.05, 0) is 49.9 Å². The van der Waals surface area contributed by atoms with Gasteiger partial charge in [-0.15, -0.1) is 11.3 Å². The van der Waals surface area contributed by atoms with Crippen molar-refractivity contribution < 1.29 is 53.4 Å². The van der Waals surface area contributed by atoms with E-state index < -0.39 is 109 Å². The second kappa shape index (κ2) is 25.5. The molecule has 0 aromatic carbocycles. The fourth-order valence-corrected chi connectivity index (χ4v) is 7.55. The Labute approximate surface area is 349 Å². The molecule has 7 atom stereocenters. The molecule has 0 radical (unpaired) electrons. The number of rotatable bonds is 26. The van der Waals surface area contributed by atoms with E-state index in [1.54, 1.807) is 33.9 Å². The van der Waals surface area contributed by atoms with Gasteiger partial charge in [0, 0.05) is 37.8 Å². The standard InChI is InChI=1S/C40H63N7O11S/c1-7-23(5)34(39(57)47-35(25-12-10-9-11-13-25)40(58)43-26(8-2)30(49)15-16-31-41-18-19-59-31)46-38(56)28(20-22(3)4)45-36(54)27(14-17-32(50)51)44-37(55)29(21-33(52)53)42-24(6)48/h18-19,22-23,25-29,34-35H,7-17,20-21H2,1-6H3,(H,42,48)(H,43,58)(H,44,55)(H,45,54)(H,46,56)(H,47,57)(H,50,51)(H,52,53)/t23-,26-,27+,28-,29-,34-,35-/m0/s1. The van der Waals surface area contributed by atoms with Crippen LogP contribution in [0.3, 0.4) is 0 Å². The van der Waals surface area contributed by atoms with Crippen molar-refractivity contribution in [2.75, 3.05) is 0 Å². The average Bonchev–Trinajstić information content (AvgIpc) is 3.71. The molecule has 1 aromatic heterocycles. The van der Waals surface area contributed by atoms with Crippen LogP contribution in [0.25, 0.3) is 0 Å². The van der Waals surface area contributed by atoms with Crippen LogP contribution in [0.4, 0.5) is 0 Å². The molecule has 1 aliphatic rings. The monoisotopic (exact) mass is 849 g/mol. The highest BCUT2D eigenvalue weighted by Crippen LogP contribution is 2.27. The van der Waals surface area contributed by atoms with Crippen molar-refractivity contribution in [3.05, 3.63) is 16.6 Å². The molecule has 0 spiro atoms. The van der Waals surface area contributed by atoms with Gasteiger partial charge in [0.25, 0.3) is 0 Å². The number of carbonyl (C=O) groups excluding carboxylic acids is 7. The number of nitrogens with zero attached hydrogens (tertiary/aromatic N) is 1. The Morgan fingerprint density at radius 3 is 1.86 bits per heavy atom. The fourth-order valence-electron chi connectivity index (χ4n) is 6.93. The molecule has 6 amide bonds. The maximum Gasteiger partial charge on any atom is 0.305 e. The van der Waals surface area contributed by atoms with Crippen molar-refractivity contribution in [2.45, 2.75) is 161 Å². The molecular weight excluding hydrogens is 787 g/mol. The topological polar surface area (TPSA) is 279 Å². The van der Waals surface area contributed by atoms with Crippen LogP contribution in [0.2, 0.25) is 0 Å². The first-order valence-electron chi connectivity index (χ1n) is 20.5. The third kappa shape index (κ3) is 17.8. The first-order chi connectivity index (χ1) is 27.9. The van der Waals surface area contributed by atoms with Gasteiger partial charge >= 0.3 is 11.9 Å². The maximum absolute atomic E-state index is 14.2. The summed E-state index contributed by atoms with van der Waals surface area (Å²) in [4.78, 5) is 121. The summed E-state index contributed by atoms with van der Waals surface area (Å²) in [6, 6.07) is -7.30. The highest BCUT2D eigenvalue weighted by molar-refractivity contribution is 7.09. The molecule has 0 aliphatic heterocycles. The molecule has 1 fully saturated rings. The molecule has 1 aromatic rings. The van der Waals surface area contributed by atoms with E-state index in [0.29, 0.717) is 32.1 Å². The quantitative estimate of drug-likeness (QED) is 0.0665. The van der Waals surface area contributed by atoms with Gasteiger partial charge in [0.15, 0.2) is 5.78 Å². The second-order valence-corrected chi connectivity index (χ2v) is 16.6. The number of Topliss-reactive ketones (excluding diaryl/α,β-unsaturated/α-hetero) is 1. The number of thiazole rings is 1. The summed E-state index contributed by atoms with van der Waals surface area (Å²) in [5.41, 5.74) is 0. The number of aryl methyl sites for hydroxylation is 1. The Kier molecular flexibility index (Phi) is 21.7. The van der Waals surface area contributed by atoms with Crippen molar-refractivity contribution >= 4 is 64.5 Å². The third-order valence-corrected chi connectivity index (χ3v) is 11.2. The molecule has 1 saturated carbocycles. The molecule has 0 unspecified atom stereocenters. The number of carbonyl (C=O) groups is 9. The zero-order valence-electron chi connectivity index (χ0n) is 35.0. The molecular formula is C40H63N7O11S. The van der Waals surface area contributed by atoms with E-state index in [4.69, 9.17) is 0 Å². The minimum absolute atomic E-state index is 0.0711. The summed E-state index contributed by atoms with van der Waals surface area (Å²) in [5, 5.41) is 36.9. The van der Waals surface area contributed by atoms with Gasteiger partial charge < -0.3 is 42.1 Å². The molecule has 18 nitrogen and oxygen atoms in total. The number of hydrogen-bond acceptors (Lipinski definition) is 11. The number of ketones is 1. The Hall–Kier alpha value is -4.94. The van der Waals surface area contributed by atoms with Crippen molar-refractivity contribution in [1.29, 1.82) is 0 Å². The van der Waals surface area contributed by atoms with Gasteiger partial charge in [-0.3, -0.25) is 43.2 Å². The van der Waals surface area contributed by atoms with Crippen molar-refractivity contribution in [2.24, 2.45) is 17.8 Å². The van der Waals surface area contributed by atoms with Crippen molar-refractivity contribution in [3.63, 3.8) is 0 Å². The predicted octanol–water partition coefficient (Wildman–Crippen LogP) is 2.00. The van der Waals surface area contributed by atoms with E-state index in [-0.39, 0.29) is 30.5 Å². The van der Waals surface area contributed by atoms with Crippen LogP contribution in [0, 0.1) is 17.8 Å². The van der Waals surface area contributed by atoms with Crippen molar-refractivity contribution in [3.8, 4) is 0 Å². The minimum atomic E-state index is -1.57. The predicted molar refractivity (Wildman–Crippen MR) is 218 cm³/mol. The number of carboxylic acid groups (broad SMARTS) is 2. The second-order valence-electron chi connectivity index (χ2n) is 15.7. The molecule has 1 heterocycles. The molecule has 0 saturated heterocycles. The van der Waals surface area contributed by atoms with Gasteiger partial charge in [0.1, 0.15) is 30.2 Å². The highest BCUT2D eigenvalue weighted by atomic mass is 32.1. The summed E-state index contributed by atoms with van der Waals surface area (Å²) in [6.45, 7) is 10.0. The van der Waals surface area contributed by atoms with Crippen LogP contribution < -0.4 is 31.9 Å². The summed E-state index contributed by atoms with van der Waals surface area (Å²) < 4.78 is 0. The number of aromatic nitrogens is 1. The number of hydrogen-bond donors (Lipinski definition) is 8. The molecule has 8 N–H and O–H groups in total. The van der Waals surface area contributed by atoms with E-state index in [1.165, 1.54) is 11.3 Å². The molecule has 0 bridgehead atoms. The zero-order valence-corrected chi connectivity index (χ0v) is 35.8. The molecule has 2 rings (SSSR count). The maximum atomic E-state index is 14.2. The first-order valence-corrected chi connectivity index (χ1v) is 21.4. The molecule has 330 valence electrons. The van der Waals surface area contributed by atoms with Crippen LogP contribution in [-0.4, -0.2) is 105 Å². The van der Waals surface area contributed by atoms with Crippen LogP contribution in [0.5, 0.6) is 0 Å². The van der Waals surface area contributed by atoms with E-state index in [0.717, 1.165) is 31.2 Å². The van der Waals surface area contributed by atoms with Gasteiger partial charge in [0.05, 0.1) is 17.5 Å². The molecule has 1 aliphatic carbocycles. The molecule has 59 heavy (non-hydrogen) atoms. The van der Waals surface area contributed by atoms with E-state index in [9.17, 15) is 53.4 Å². The van der Waals surface area contributed by atoms with E-state index >= 15 is 0 Å². The number of carboxylic acids is 2. The van der Waals surface area contributed by atoms with Gasteiger partial charge in [0.2, 0.25) is 35.4 Å². The summed E-state index contributed by atoms with van der Waals surface area (Å²) in [5.74, 6) is -8.23. The summed E-state index contributed by atoms with van der Waals surface area (Å²) in [6.07, 6.45) is 5.41. The van der Waals surface area contributed by atoms with Crippen LogP contribution >= 0.6 is 11.3 Å². The lowest BCUT2D eigenvalue weighted by Gasteiger charge is -2.33. The normalized spacial score (nSPS) is 16.5. The lowest BCUT2D eigenvalue weighted by molar-refractivity contribution is -0.141. The van der Waals surface area contributed by atoms with E-state index in [2.05, 4.69) is 36.9 Å². The third-order valence-electron chi connectivity index (χ3n) is 10.4. The van der Waals surface area contributed by atoms with Crippen LogP contribution in [-0.2, 0) is 49.6 Å². The minimum Gasteiger partial charge on any atom is -0.481 e. The smallest absolute Gasteiger partial charge is 0.305 e. The van der Waals surface area contributed by atoms with Crippen molar-refractivity contribution in [1.82, 2.24) is 36.9 Å². The average molecular weight is 850 g/mol. The summed E-state index contributed by atoms with van der Waals surface area (Å²) in [7, 11) is 0. The fraction of sp³-hybridized carbons (Fsp3) is 0.700. The van der Waals surface area contributed by atoms with Gasteiger partial charge in [-0.25, -0.2) is 4.98 Å². The molecule has 19 heteroatoms. The zero-order chi connectivity index (χ0) is 44.2. The number of nitrogens with one attached hydrogen (secondary N) is 6. The van der Waals surface area contributed by atoms with Gasteiger partial charge in [-0.1, -0.05) is 60.3 Å².